The summed E-state index contributed by atoms with van der Waals surface area (Å²) in [7, 11) is 0. The lowest BCUT2D eigenvalue weighted by Gasteiger charge is -2.26. The van der Waals surface area contributed by atoms with Gasteiger partial charge in [0.15, 0.2) is 0 Å². The van der Waals surface area contributed by atoms with Gasteiger partial charge in [0.25, 0.3) is 0 Å². The normalized spacial score (nSPS) is 36.8. The van der Waals surface area contributed by atoms with Crippen molar-refractivity contribution in [1.29, 1.82) is 0 Å². The second-order valence-corrected chi connectivity index (χ2v) is 7.09. The fourth-order valence-corrected chi connectivity index (χ4v) is 3.65. The van der Waals surface area contributed by atoms with Crippen LogP contribution in [0.25, 0.3) is 0 Å². The van der Waals surface area contributed by atoms with Crippen LogP contribution in [0.1, 0.15) is 47.0 Å². The predicted molar refractivity (Wildman–Crippen MR) is 75.4 cm³/mol. The van der Waals surface area contributed by atoms with Crippen molar-refractivity contribution < 1.29 is 19.4 Å². The molecule has 4 unspecified atom stereocenters. The van der Waals surface area contributed by atoms with Crippen molar-refractivity contribution in [3.63, 3.8) is 0 Å². The van der Waals surface area contributed by atoms with Gasteiger partial charge < -0.3 is 19.9 Å². The Morgan fingerprint density at radius 3 is 2.75 bits per heavy atom. The topological polar surface area (TPSA) is 67.8 Å². The minimum absolute atomic E-state index is 0.0206. The van der Waals surface area contributed by atoms with Gasteiger partial charge in [0, 0.05) is 24.0 Å². The maximum atomic E-state index is 12.0. The first-order valence-corrected chi connectivity index (χ1v) is 7.53. The Kier molecular flexibility index (Phi) is 4.30. The van der Waals surface area contributed by atoms with Crippen LogP contribution in [-0.4, -0.2) is 42.2 Å². The molecule has 1 amide bonds. The van der Waals surface area contributed by atoms with Crippen LogP contribution in [0.2, 0.25) is 0 Å². The molecule has 0 aromatic carbocycles. The Morgan fingerprint density at radius 2 is 2.20 bits per heavy atom. The van der Waals surface area contributed by atoms with Crippen LogP contribution in [0.5, 0.6) is 0 Å². The molecule has 116 valence electrons. The lowest BCUT2D eigenvalue weighted by atomic mass is 9.82. The molecule has 0 bridgehead atoms. The minimum atomic E-state index is -0.495. The second-order valence-electron chi connectivity index (χ2n) is 7.09. The molecule has 5 nitrogen and oxygen atoms in total. The van der Waals surface area contributed by atoms with Crippen molar-refractivity contribution in [3.8, 4) is 0 Å². The zero-order valence-corrected chi connectivity index (χ0v) is 12.9. The molecule has 2 aliphatic rings. The molecule has 4 atom stereocenters. The largest absolute Gasteiger partial charge is 0.444 e. The van der Waals surface area contributed by atoms with E-state index in [-0.39, 0.29) is 36.2 Å². The summed E-state index contributed by atoms with van der Waals surface area (Å²) < 4.78 is 11.2. The highest BCUT2D eigenvalue weighted by molar-refractivity contribution is 5.68. The summed E-state index contributed by atoms with van der Waals surface area (Å²) in [5.41, 5.74) is -0.675. The molecule has 2 N–H and O–H groups in total. The third kappa shape index (κ3) is 2.93. The van der Waals surface area contributed by atoms with Gasteiger partial charge in [-0.2, -0.15) is 0 Å². The van der Waals surface area contributed by atoms with Crippen molar-refractivity contribution in [2.45, 2.75) is 64.7 Å². The Hall–Kier alpha value is -0.810. The monoisotopic (exact) mass is 285 g/mol. The first-order valence-electron chi connectivity index (χ1n) is 7.53. The van der Waals surface area contributed by atoms with Gasteiger partial charge in [0.05, 0.1) is 12.7 Å². The van der Waals surface area contributed by atoms with E-state index in [2.05, 4.69) is 12.2 Å². The maximum absolute atomic E-state index is 12.0. The van der Waals surface area contributed by atoms with Gasteiger partial charge in [-0.1, -0.05) is 6.92 Å². The first kappa shape index (κ1) is 15.6. The van der Waals surface area contributed by atoms with Crippen molar-refractivity contribution in [2.75, 3.05) is 13.2 Å². The SMILES string of the molecule is CCC1C(NC(=O)OC(C)(C)C)CC2(CO)CCOC12. The summed E-state index contributed by atoms with van der Waals surface area (Å²) in [6, 6.07) is 0.0206. The molecule has 1 aliphatic heterocycles. The average molecular weight is 285 g/mol. The van der Waals surface area contributed by atoms with Crippen LogP contribution < -0.4 is 5.32 Å². The fourth-order valence-electron chi connectivity index (χ4n) is 3.65. The molecule has 1 aliphatic carbocycles. The van der Waals surface area contributed by atoms with Gasteiger partial charge in [-0.05, 0) is 40.0 Å². The minimum Gasteiger partial charge on any atom is -0.444 e. The van der Waals surface area contributed by atoms with Gasteiger partial charge in [-0.15, -0.1) is 0 Å². The van der Waals surface area contributed by atoms with Crippen LogP contribution in [0.3, 0.4) is 0 Å². The molecule has 0 spiro atoms. The third-order valence-corrected chi connectivity index (χ3v) is 4.52. The van der Waals surface area contributed by atoms with Gasteiger partial charge in [-0.25, -0.2) is 4.79 Å². The smallest absolute Gasteiger partial charge is 0.407 e. The van der Waals surface area contributed by atoms with Crippen molar-refractivity contribution in [1.82, 2.24) is 5.32 Å². The maximum Gasteiger partial charge on any atom is 0.407 e. The van der Waals surface area contributed by atoms with E-state index < -0.39 is 5.60 Å². The number of fused-ring (bicyclic) bond motifs is 1. The number of carbonyl (C=O) groups is 1. The number of amides is 1. The molecule has 0 aromatic heterocycles. The Balaban J connectivity index is 2.04. The quantitative estimate of drug-likeness (QED) is 0.833. The van der Waals surface area contributed by atoms with Crippen LogP contribution in [0.4, 0.5) is 4.79 Å². The van der Waals surface area contributed by atoms with Gasteiger partial charge in [0.2, 0.25) is 0 Å². The number of rotatable bonds is 3. The molecule has 0 aromatic rings. The highest BCUT2D eigenvalue weighted by Gasteiger charge is 2.56. The number of hydrogen-bond acceptors (Lipinski definition) is 4. The van der Waals surface area contributed by atoms with Gasteiger partial charge in [-0.3, -0.25) is 0 Å². The Labute approximate surface area is 121 Å². The lowest BCUT2D eigenvalue weighted by Crippen LogP contribution is -2.42. The van der Waals surface area contributed by atoms with Crippen LogP contribution in [0, 0.1) is 11.3 Å². The van der Waals surface area contributed by atoms with E-state index in [4.69, 9.17) is 9.47 Å². The number of alkyl carbamates (subject to hydrolysis) is 1. The van der Waals surface area contributed by atoms with Crippen LogP contribution >= 0.6 is 0 Å². The van der Waals surface area contributed by atoms with E-state index in [1.807, 2.05) is 20.8 Å². The summed E-state index contributed by atoms with van der Waals surface area (Å²) in [6.07, 6.45) is 2.24. The number of hydrogen-bond donors (Lipinski definition) is 2. The zero-order chi connectivity index (χ0) is 15.0. The molecular formula is C15H27NO4. The second kappa shape index (κ2) is 5.53. The van der Waals surface area contributed by atoms with Gasteiger partial charge in [0.1, 0.15) is 5.60 Å². The van der Waals surface area contributed by atoms with E-state index in [0.717, 1.165) is 19.3 Å². The molecule has 1 saturated heterocycles. The standard InChI is InChI=1S/C15H27NO4/c1-5-10-11(16-13(18)20-14(2,3)4)8-15(9-17)6-7-19-12(10)15/h10-12,17H,5-9H2,1-4H3,(H,16,18). The average Bonchev–Trinajstić information content (AvgIpc) is 2.82. The zero-order valence-electron chi connectivity index (χ0n) is 12.9. The number of aliphatic hydroxyl groups is 1. The molecule has 1 heterocycles. The highest BCUT2D eigenvalue weighted by atomic mass is 16.6. The van der Waals surface area contributed by atoms with E-state index in [1.54, 1.807) is 0 Å². The number of aliphatic hydroxyl groups excluding tert-OH is 1. The van der Waals surface area contributed by atoms with Crippen LogP contribution in [-0.2, 0) is 9.47 Å². The van der Waals surface area contributed by atoms with Gasteiger partial charge >= 0.3 is 6.09 Å². The van der Waals surface area contributed by atoms with E-state index in [9.17, 15) is 9.90 Å². The molecule has 2 fully saturated rings. The summed E-state index contributed by atoms with van der Waals surface area (Å²) in [4.78, 5) is 12.0. The predicted octanol–water partition coefficient (Wildman–Crippen LogP) is 2.08. The Morgan fingerprint density at radius 1 is 1.50 bits per heavy atom. The molecule has 0 radical (unpaired) electrons. The van der Waals surface area contributed by atoms with Crippen LogP contribution in [0.15, 0.2) is 0 Å². The molecule has 20 heavy (non-hydrogen) atoms. The van der Waals surface area contributed by atoms with Crippen molar-refractivity contribution in [2.24, 2.45) is 11.3 Å². The number of carbonyl (C=O) groups excluding carboxylic acids is 1. The van der Waals surface area contributed by atoms with Crippen molar-refractivity contribution >= 4 is 6.09 Å². The summed E-state index contributed by atoms with van der Waals surface area (Å²) >= 11 is 0. The summed E-state index contributed by atoms with van der Waals surface area (Å²) in [5, 5.41) is 12.7. The lowest BCUT2D eigenvalue weighted by molar-refractivity contribution is 0.00983. The highest BCUT2D eigenvalue weighted by Crippen LogP contribution is 2.51. The molecule has 5 heteroatoms. The first-order chi connectivity index (χ1) is 9.31. The van der Waals surface area contributed by atoms with E-state index in [0.29, 0.717) is 6.61 Å². The number of ether oxygens (including phenoxy) is 2. The summed E-state index contributed by atoms with van der Waals surface area (Å²) in [5.74, 6) is 0.247. The fraction of sp³-hybridized carbons (Fsp3) is 0.933. The van der Waals surface area contributed by atoms with Crippen molar-refractivity contribution in [3.05, 3.63) is 0 Å². The molecule has 1 saturated carbocycles. The molecule has 2 rings (SSSR count). The summed E-state index contributed by atoms with van der Waals surface area (Å²) in [6.45, 7) is 8.49. The Bertz CT molecular complexity index is 365. The van der Waals surface area contributed by atoms with E-state index in [1.165, 1.54) is 0 Å². The van der Waals surface area contributed by atoms with E-state index >= 15 is 0 Å². The number of nitrogens with one attached hydrogen (secondary N) is 1. The third-order valence-electron chi connectivity index (χ3n) is 4.52. The molecular weight excluding hydrogens is 258 g/mol.